The summed E-state index contributed by atoms with van der Waals surface area (Å²) in [6, 6.07) is 0. The molecule has 0 aliphatic heterocycles. The minimum atomic E-state index is -2.37. The topological polar surface area (TPSA) is 120 Å². The molecule has 16 heavy (non-hydrogen) atoms. The first-order valence-corrected chi connectivity index (χ1v) is 8.98. The van der Waals surface area contributed by atoms with E-state index in [0.29, 0.717) is 18.5 Å². The standard InChI is InChI=1S/3C2H7O2P.Fe/c3*1-2-5(3)4;/h3*5H,2H2,1H3,(H,3,4);/q;;;+3/p-3. The second kappa shape index (κ2) is 21.4. The van der Waals surface area contributed by atoms with Crippen LogP contribution in [0.4, 0.5) is 0 Å². The van der Waals surface area contributed by atoms with Crippen molar-refractivity contribution in [1.29, 1.82) is 0 Å². The van der Waals surface area contributed by atoms with Crippen LogP contribution in [0, 0.1) is 0 Å². The Morgan fingerprint density at radius 1 is 0.688 bits per heavy atom. The van der Waals surface area contributed by atoms with Crippen molar-refractivity contribution in [2.45, 2.75) is 20.8 Å². The molecule has 0 bridgehead atoms. The van der Waals surface area contributed by atoms with Gasteiger partial charge in [-0.2, -0.15) is 0 Å². The minimum absolute atomic E-state index is 0. The third kappa shape index (κ3) is 59.6. The van der Waals surface area contributed by atoms with Crippen molar-refractivity contribution in [2.24, 2.45) is 0 Å². The maximum Gasteiger partial charge on any atom is 3.00 e. The van der Waals surface area contributed by atoms with Gasteiger partial charge < -0.3 is 28.4 Å². The molecule has 0 aromatic rings. The van der Waals surface area contributed by atoms with Gasteiger partial charge in [-0.3, -0.25) is 0 Å². The molecule has 0 aromatic heterocycles. The van der Waals surface area contributed by atoms with Crippen molar-refractivity contribution in [3.63, 3.8) is 0 Å². The van der Waals surface area contributed by atoms with Crippen molar-refractivity contribution in [3.05, 3.63) is 0 Å². The van der Waals surface area contributed by atoms with Crippen molar-refractivity contribution in [2.75, 3.05) is 18.5 Å². The van der Waals surface area contributed by atoms with Gasteiger partial charge in [0.15, 0.2) is 0 Å². The second-order valence-electron chi connectivity index (χ2n) is 2.18. The van der Waals surface area contributed by atoms with E-state index in [2.05, 4.69) is 0 Å². The SMILES string of the molecule is CC[PH](=O)[O-].CC[PH](=O)[O-].CC[PH](=O)[O-].[Fe+3]. The molecule has 0 spiro atoms. The van der Waals surface area contributed by atoms with Crippen molar-refractivity contribution >= 4 is 24.1 Å². The Balaban J connectivity index is -0.0000000655. The summed E-state index contributed by atoms with van der Waals surface area (Å²) < 4.78 is 28.3. The molecule has 0 amide bonds. The molecule has 0 saturated heterocycles. The van der Waals surface area contributed by atoms with Crippen molar-refractivity contribution < 1.29 is 45.4 Å². The van der Waals surface area contributed by atoms with E-state index in [4.69, 9.17) is 0 Å². The zero-order valence-electron chi connectivity index (χ0n) is 9.42. The summed E-state index contributed by atoms with van der Waals surface area (Å²) in [5.74, 6) is 0. The fraction of sp³-hybridized carbons (Fsp3) is 1.00. The Kier molecular flexibility index (Phi) is 34.5. The molecule has 3 atom stereocenters. The molecule has 0 heterocycles. The molecule has 0 aromatic carbocycles. The molecule has 0 rings (SSSR count). The monoisotopic (exact) mass is 335 g/mol. The van der Waals surface area contributed by atoms with E-state index in [1.54, 1.807) is 20.8 Å². The van der Waals surface area contributed by atoms with Gasteiger partial charge >= 0.3 is 17.1 Å². The number of hydrogen-bond acceptors (Lipinski definition) is 6. The Bertz CT molecular complexity index is 167. The van der Waals surface area contributed by atoms with Crippen LogP contribution in [0.2, 0.25) is 0 Å². The molecule has 0 aliphatic rings. The van der Waals surface area contributed by atoms with Crippen LogP contribution in [0.5, 0.6) is 0 Å². The Hall–Kier alpha value is 1.09. The van der Waals surface area contributed by atoms with E-state index in [1.165, 1.54) is 0 Å². The molecule has 0 N–H and O–H groups in total. The van der Waals surface area contributed by atoms with Gasteiger partial charge in [-0.1, -0.05) is 20.8 Å². The van der Waals surface area contributed by atoms with Gasteiger partial charge in [0.05, 0.1) is 0 Å². The van der Waals surface area contributed by atoms with E-state index < -0.39 is 24.1 Å². The Morgan fingerprint density at radius 3 is 0.750 bits per heavy atom. The largest absolute Gasteiger partial charge is 3.00 e. The summed E-state index contributed by atoms with van der Waals surface area (Å²) in [6.45, 7) is 4.86. The molecule has 6 nitrogen and oxygen atoms in total. The predicted molar refractivity (Wildman–Crippen MR) is 58.6 cm³/mol. The third-order valence-electron chi connectivity index (χ3n) is 0.866. The number of rotatable bonds is 3. The van der Waals surface area contributed by atoms with Gasteiger partial charge in [-0.15, -0.1) is 0 Å². The van der Waals surface area contributed by atoms with Crippen LogP contribution in [0.25, 0.3) is 0 Å². The quantitative estimate of drug-likeness (QED) is 0.507. The third-order valence-corrected chi connectivity index (χ3v) is 2.60. The predicted octanol–water partition coefficient (Wildman–Crippen LogP) is -0.479. The Labute approximate surface area is 109 Å². The summed E-state index contributed by atoms with van der Waals surface area (Å²) >= 11 is 0. The summed E-state index contributed by atoms with van der Waals surface area (Å²) in [5.41, 5.74) is 0. The maximum atomic E-state index is 9.44. The second-order valence-corrected chi connectivity index (χ2v) is 6.53. The van der Waals surface area contributed by atoms with Gasteiger partial charge in [0.25, 0.3) is 0 Å². The fourth-order valence-corrected chi connectivity index (χ4v) is 0. The fourth-order valence-electron chi connectivity index (χ4n) is 0. The zero-order chi connectivity index (χ0) is 12.9. The van der Waals surface area contributed by atoms with Crippen molar-refractivity contribution in [3.8, 4) is 0 Å². The summed E-state index contributed by atoms with van der Waals surface area (Å²) in [6.07, 6.45) is 0.889. The van der Waals surface area contributed by atoms with Crippen LogP contribution in [-0.4, -0.2) is 18.5 Å². The van der Waals surface area contributed by atoms with Crippen LogP contribution in [0.1, 0.15) is 20.8 Å². The smallest absolute Gasteiger partial charge is 0.802 e. The van der Waals surface area contributed by atoms with E-state index in [1.807, 2.05) is 0 Å². The molecule has 10 heteroatoms. The molecular weight excluding hydrogens is 317 g/mol. The molecule has 1 radical (unpaired) electrons. The Morgan fingerprint density at radius 2 is 0.750 bits per heavy atom. The average Bonchev–Trinajstić information content (AvgIpc) is 2.19. The minimum Gasteiger partial charge on any atom is -0.802 e. The summed E-state index contributed by atoms with van der Waals surface area (Å²) in [7, 11) is -7.12. The van der Waals surface area contributed by atoms with Crippen LogP contribution in [-0.2, 0) is 30.8 Å². The molecule has 0 aliphatic carbocycles. The molecule has 3 unspecified atom stereocenters. The van der Waals surface area contributed by atoms with E-state index in [9.17, 15) is 28.4 Å². The van der Waals surface area contributed by atoms with Crippen LogP contribution in [0.15, 0.2) is 0 Å². The maximum absolute atomic E-state index is 9.44. The van der Waals surface area contributed by atoms with Gasteiger partial charge in [-0.25, -0.2) is 0 Å². The molecular formula is C6H18FeO6P3. The van der Waals surface area contributed by atoms with Gasteiger partial charge in [0, 0.05) is 24.1 Å². The van der Waals surface area contributed by atoms with Crippen LogP contribution >= 0.6 is 24.1 Å². The van der Waals surface area contributed by atoms with Crippen molar-refractivity contribution in [1.82, 2.24) is 0 Å². The van der Waals surface area contributed by atoms with E-state index in [0.717, 1.165) is 0 Å². The first kappa shape index (κ1) is 25.8. The molecule has 0 fully saturated rings. The molecule has 101 valence electrons. The van der Waals surface area contributed by atoms with Crippen LogP contribution in [0.3, 0.4) is 0 Å². The molecule has 0 saturated carbocycles. The summed E-state index contributed by atoms with van der Waals surface area (Å²) in [5, 5.41) is 0. The zero-order valence-corrected chi connectivity index (χ0v) is 13.5. The van der Waals surface area contributed by atoms with Crippen LogP contribution < -0.4 is 14.7 Å². The van der Waals surface area contributed by atoms with Gasteiger partial charge in [-0.05, 0) is 18.5 Å². The van der Waals surface area contributed by atoms with E-state index in [-0.39, 0.29) is 17.1 Å². The first-order valence-electron chi connectivity index (χ1n) is 4.41. The average molecular weight is 335 g/mol. The van der Waals surface area contributed by atoms with Gasteiger partial charge in [0.2, 0.25) is 0 Å². The summed E-state index contributed by atoms with van der Waals surface area (Å²) in [4.78, 5) is 28.3. The normalized spacial score (nSPS) is 13.9. The van der Waals surface area contributed by atoms with Gasteiger partial charge in [0.1, 0.15) is 0 Å². The van der Waals surface area contributed by atoms with E-state index >= 15 is 0 Å². The number of hydrogen-bond donors (Lipinski definition) is 0. The first-order chi connectivity index (χ1) is 6.81.